The van der Waals surface area contributed by atoms with Crippen molar-refractivity contribution >= 4 is 17.2 Å². The van der Waals surface area contributed by atoms with Crippen molar-refractivity contribution in [3.63, 3.8) is 0 Å². The number of hydrogen-bond donors (Lipinski definition) is 2. The number of hydrogen-bond acceptors (Lipinski definition) is 3. The highest BCUT2D eigenvalue weighted by Gasteiger charge is 2.15. The quantitative estimate of drug-likeness (QED) is 0.865. The van der Waals surface area contributed by atoms with E-state index in [1.807, 2.05) is 47.8 Å². The van der Waals surface area contributed by atoms with E-state index in [1.54, 1.807) is 0 Å². The number of rotatable bonds is 5. The van der Waals surface area contributed by atoms with E-state index >= 15 is 0 Å². The SMILES string of the molecule is NC(C(=O)NCCc1ccccc1)c1cccs1. The van der Waals surface area contributed by atoms with Crippen LogP contribution in [0.5, 0.6) is 0 Å². The first-order valence-corrected chi connectivity index (χ1v) is 6.76. The third kappa shape index (κ3) is 3.42. The molecule has 1 amide bonds. The molecule has 18 heavy (non-hydrogen) atoms. The highest BCUT2D eigenvalue weighted by Crippen LogP contribution is 2.16. The number of nitrogens with one attached hydrogen (secondary N) is 1. The summed E-state index contributed by atoms with van der Waals surface area (Å²) in [5.41, 5.74) is 7.07. The minimum absolute atomic E-state index is 0.117. The lowest BCUT2D eigenvalue weighted by Gasteiger charge is -2.10. The summed E-state index contributed by atoms with van der Waals surface area (Å²) in [5.74, 6) is -0.117. The van der Waals surface area contributed by atoms with Gasteiger partial charge in [-0.15, -0.1) is 11.3 Å². The van der Waals surface area contributed by atoms with Gasteiger partial charge in [-0.2, -0.15) is 0 Å². The summed E-state index contributed by atoms with van der Waals surface area (Å²) in [6, 6.07) is 13.3. The first kappa shape index (κ1) is 12.8. The largest absolute Gasteiger partial charge is 0.354 e. The Balaban J connectivity index is 1.79. The van der Waals surface area contributed by atoms with Crippen LogP contribution in [-0.2, 0) is 11.2 Å². The molecular weight excluding hydrogens is 244 g/mol. The summed E-state index contributed by atoms with van der Waals surface area (Å²) >= 11 is 1.50. The zero-order valence-electron chi connectivity index (χ0n) is 10.0. The summed E-state index contributed by atoms with van der Waals surface area (Å²) < 4.78 is 0. The van der Waals surface area contributed by atoms with Gasteiger partial charge in [0.25, 0.3) is 0 Å². The Kier molecular flexibility index (Phi) is 4.50. The Morgan fingerprint density at radius 3 is 2.67 bits per heavy atom. The van der Waals surface area contributed by atoms with E-state index in [1.165, 1.54) is 16.9 Å². The van der Waals surface area contributed by atoms with Gasteiger partial charge in [-0.3, -0.25) is 4.79 Å². The van der Waals surface area contributed by atoms with Gasteiger partial charge in [0.05, 0.1) is 0 Å². The molecule has 1 aromatic carbocycles. The maximum Gasteiger partial charge on any atom is 0.242 e. The molecule has 94 valence electrons. The van der Waals surface area contributed by atoms with Crippen LogP contribution < -0.4 is 11.1 Å². The number of thiophene rings is 1. The molecule has 1 aromatic heterocycles. The Hall–Kier alpha value is -1.65. The van der Waals surface area contributed by atoms with Crippen LogP contribution in [0.25, 0.3) is 0 Å². The third-order valence-corrected chi connectivity index (χ3v) is 3.64. The molecule has 0 saturated carbocycles. The zero-order chi connectivity index (χ0) is 12.8. The van der Waals surface area contributed by atoms with Crippen molar-refractivity contribution in [3.05, 3.63) is 58.3 Å². The molecular formula is C14H16N2OS. The van der Waals surface area contributed by atoms with Gasteiger partial charge in [0.15, 0.2) is 0 Å². The molecule has 0 aliphatic heterocycles. The van der Waals surface area contributed by atoms with Crippen LogP contribution in [0.2, 0.25) is 0 Å². The summed E-state index contributed by atoms with van der Waals surface area (Å²) in [5, 5.41) is 4.78. The summed E-state index contributed by atoms with van der Waals surface area (Å²) in [7, 11) is 0. The molecule has 0 spiro atoms. The van der Waals surface area contributed by atoms with Crippen molar-refractivity contribution in [2.24, 2.45) is 5.73 Å². The van der Waals surface area contributed by atoms with Gasteiger partial charge in [-0.1, -0.05) is 36.4 Å². The Morgan fingerprint density at radius 1 is 1.22 bits per heavy atom. The fourth-order valence-electron chi connectivity index (χ4n) is 1.68. The molecule has 1 heterocycles. The maximum absolute atomic E-state index is 11.8. The van der Waals surface area contributed by atoms with Crippen LogP contribution in [0.15, 0.2) is 47.8 Å². The Morgan fingerprint density at radius 2 is 2.00 bits per heavy atom. The Labute approximate surface area is 111 Å². The molecule has 0 fully saturated rings. The summed E-state index contributed by atoms with van der Waals surface area (Å²) in [4.78, 5) is 12.7. The minimum atomic E-state index is -0.555. The second-order valence-electron chi connectivity index (χ2n) is 4.02. The number of carbonyl (C=O) groups excluding carboxylic acids is 1. The average molecular weight is 260 g/mol. The molecule has 0 bridgehead atoms. The first-order chi connectivity index (χ1) is 8.77. The van der Waals surface area contributed by atoms with Gasteiger partial charge in [-0.25, -0.2) is 0 Å². The predicted octanol–water partition coefficient (Wildman–Crippen LogP) is 2.11. The molecule has 1 atom stereocenters. The molecule has 0 radical (unpaired) electrons. The predicted molar refractivity (Wildman–Crippen MR) is 74.4 cm³/mol. The fourth-order valence-corrected chi connectivity index (χ4v) is 2.41. The topological polar surface area (TPSA) is 55.1 Å². The van der Waals surface area contributed by atoms with Gasteiger partial charge < -0.3 is 11.1 Å². The molecule has 3 N–H and O–H groups in total. The standard InChI is InChI=1S/C14H16N2OS/c15-13(12-7-4-10-18-12)14(17)16-9-8-11-5-2-1-3-6-11/h1-7,10,13H,8-9,15H2,(H,16,17). The van der Waals surface area contributed by atoms with E-state index < -0.39 is 6.04 Å². The molecule has 3 nitrogen and oxygen atoms in total. The first-order valence-electron chi connectivity index (χ1n) is 5.88. The smallest absolute Gasteiger partial charge is 0.242 e. The highest BCUT2D eigenvalue weighted by molar-refractivity contribution is 7.10. The van der Waals surface area contributed by atoms with Crippen molar-refractivity contribution in [1.82, 2.24) is 5.32 Å². The van der Waals surface area contributed by atoms with E-state index in [4.69, 9.17) is 5.73 Å². The normalized spacial score (nSPS) is 12.1. The summed E-state index contributed by atoms with van der Waals surface area (Å²) in [6.07, 6.45) is 0.823. The second-order valence-corrected chi connectivity index (χ2v) is 5.00. The maximum atomic E-state index is 11.8. The van der Waals surface area contributed by atoms with Gasteiger partial charge in [0.1, 0.15) is 6.04 Å². The molecule has 0 aliphatic rings. The fraction of sp³-hybridized carbons (Fsp3) is 0.214. The molecule has 1 unspecified atom stereocenters. The van der Waals surface area contributed by atoms with Gasteiger partial charge in [0.2, 0.25) is 5.91 Å². The van der Waals surface area contributed by atoms with Crippen molar-refractivity contribution in [1.29, 1.82) is 0 Å². The lowest BCUT2D eigenvalue weighted by atomic mass is 10.1. The number of benzene rings is 1. The lowest BCUT2D eigenvalue weighted by molar-refractivity contribution is -0.122. The average Bonchev–Trinajstić information content (AvgIpc) is 2.93. The van der Waals surface area contributed by atoms with Gasteiger partial charge in [0, 0.05) is 11.4 Å². The highest BCUT2D eigenvalue weighted by atomic mass is 32.1. The van der Waals surface area contributed by atoms with Crippen molar-refractivity contribution in [2.45, 2.75) is 12.5 Å². The van der Waals surface area contributed by atoms with Gasteiger partial charge >= 0.3 is 0 Å². The van der Waals surface area contributed by atoms with E-state index in [9.17, 15) is 4.79 Å². The van der Waals surface area contributed by atoms with E-state index in [0.29, 0.717) is 6.54 Å². The molecule has 0 aliphatic carbocycles. The summed E-state index contributed by atoms with van der Waals surface area (Å²) in [6.45, 7) is 0.613. The van der Waals surface area contributed by atoms with Crippen molar-refractivity contribution in [2.75, 3.05) is 6.54 Å². The van der Waals surface area contributed by atoms with Crippen molar-refractivity contribution < 1.29 is 4.79 Å². The monoisotopic (exact) mass is 260 g/mol. The minimum Gasteiger partial charge on any atom is -0.354 e. The number of amides is 1. The molecule has 2 aromatic rings. The second kappa shape index (κ2) is 6.33. The van der Waals surface area contributed by atoms with Crippen LogP contribution in [0.1, 0.15) is 16.5 Å². The number of nitrogens with two attached hydrogens (primary N) is 1. The number of carbonyl (C=O) groups is 1. The Bertz CT molecular complexity index is 482. The van der Waals surface area contributed by atoms with Crippen LogP contribution in [0.4, 0.5) is 0 Å². The molecule has 0 saturated heterocycles. The van der Waals surface area contributed by atoms with E-state index in [0.717, 1.165) is 11.3 Å². The molecule has 4 heteroatoms. The zero-order valence-corrected chi connectivity index (χ0v) is 10.8. The van der Waals surface area contributed by atoms with Gasteiger partial charge in [-0.05, 0) is 23.4 Å². The lowest BCUT2D eigenvalue weighted by Crippen LogP contribution is -2.34. The van der Waals surface area contributed by atoms with Crippen molar-refractivity contribution in [3.8, 4) is 0 Å². The molecule has 2 rings (SSSR count). The van der Waals surface area contributed by atoms with E-state index in [2.05, 4.69) is 5.32 Å². The van der Waals surface area contributed by atoms with Crippen LogP contribution >= 0.6 is 11.3 Å². The van der Waals surface area contributed by atoms with Crippen LogP contribution in [0.3, 0.4) is 0 Å². The van der Waals surface area contributed by atoms with Crippen LogP contribution in [-0.4, -0.2) is 12.5 Å². The third-order valence-electron chi connectivity index (χ3n) is 2.69. The van der Waals surface area contributed by atoms with Crippen LogP contribution in [0, 0.1) is 0 Å². The van der Waals surface area contributed by atoms with E-state index in [-0.39, 0.29) is 5.91 Å².